The minimum atomic E-state index is -2.08. The molecular weight excluding hydrogens is 873 g/mol. The van der Waals surface area contributed by atoms with Gasteiger partial charge in [-0.15, -0.1) is 0 Å². The number of aromatic hydroxyl groups is 3. The zero-order valence-electron chi connectivity index (χ0n) is 41.8. The number of anilines is 1. The molecular formula is C53H72N2O13. The minimum Gasteiger partial charge on any atom is -0.507 e. The van der Waals surface area contributed by atoms with Crippen LogP contribution in [0, 0.1) is 30.6 Å². The van der Waals surface area contributed by atoms with Crippen molar-refractivity contribution < 1.29 is 63.7 Å². The maximum absolute atomic E-state index is 14.5. The maximum atomic E-state index is 14.5. The van der Waals surface area contributed by atoms with Crippen LogP contribution < -0.4 is 10.1 Å². The zero-order valence-corrected chi connectivity index (χ0v) is 41.8. The Morgan fingerprint density at radius 2 is 1.50 bits per heavy atom. The molecule has 68 heavy (non-hydrogen) atoms. The first-order valence-electron chi connectivity index (χ1n) is 23.1. The number of ether oxygens (including phenoxy) is 4. The molecule has 15 nitrogen and oxygen atoms in total. The van der Waals surface area contributed by atoms with E-state index in [0.29, 0.717) is 0 Å². The first kappa shape index (κ1) is 54.7. The lowest BCUT2D eigenvalue weighted by molar-refractivity contribution is -0.160. The molecule has 9 atom stereocenters. The summed E-state index contributed by atoms with van der Waals surface area (Å²) in [5.41, 5.74) is 3.04. The molecule has 2 aromatic rings. The average Bonchev–Trinajstić information content (AvgIpc) is 3.55. The fourth-order valence-corrected chi connectivity index (χ4v) is 8.52. The highest BCUT2D eigenvalue weighted by Crippen LogP contribution is 2.55. The van der Waals surface area contributed by atoms with Gasteiger partial charge in [0, 0.05) is 61.2 Å². The van der Waals surface area contributed by atoms with E-state index < -0.39 is 88.8 Å². The standard InChI is InChI=1S/C53H72N2O13/c1-28(2)17-14-18-29(3)19-15-20-30(4)23-26-66-54-27-38-43-48(61)41-40(47(38)60)42-50(36(10)46(41)59)68-53(12,51(42)62)65-25-24-39(64-13)33(7)49(67-37(11)56)35(9)45(58)34(8)44(57)31(5)21-16-22-32(6)52(63)55-43/h16-17,19,21-25,27,31,33-35,39,44-45,49,57-61H,14-15,18,20,26H2,1-13H3,(H,55,63)/b21-16+,25-24+,29-19+,30-23+,32-22+,54-27-. The van der Waals surface area contributed by atoms with E-state index >= 15 is 0 Å². The number of aliphatic hydroxyl groups excluding tert-OH is 2. The van der Waals surface area contributed by atoms with Crippen LogP contribution in [0.2, 0.25) is 0 Å². The average molecular weight is 945 g/mol. The number of methoxy groups -OCH3 is 1. The van der Waals surface area contributed by atoms with Gasteiger partial charge in [-0.05, 0) is 79.4 Å². The van der Waals surface area contributed by atoms with Crippen LogP contribution in [0.15, 0.2) is 76.2 Å². The van der Waals surface area contributed by atoms with E-state index in [4.69, 9.17) is 23.8 Å². The fraction of sp³-hybridized carbons (Fsp3) is 0.509. The van der Waals surface area contributed by atoms with Gasteiger partial charge in [-0.1, -0.05) is 80.0 Å². The van der Waals surface area contributed by atoms with Crippen molar-refractivity contribution in [3.63, 3.8) is 0 Å². The van der Waals surface area contributed by atoms with Crippen LogP contribution >= 0.6 is 0 Å². The molecule has 0 spiro atoms. The summed E-state index contributed by atoms with van der Waals surface area (Å²) in [6.07, 6.45) is 14.5. The summed E-state index contributed by atoms with van der Waals surface area (Å²) in [5, 5.41) is 64.7. The van der Waals surface area contributed by atoms with Gasteiger partial charge in [-0.3, -0.25) is 14.4 Å². The SMILES string of the molecule is COC1/C=C/OC2(C)Oc3c(C)c(O)c4c(O)c(c(/C=N\OC/C=C(\C)CC/C=C(\C)CCC=C(C)C)c(O)c4c3C2=O)NC(=O)/C(C)=C/C=C/C(C)C(O)C(C)C(O)C(C)C(OC(C)=O)C1C. The second kappa shape index (κ2) is 23.9. The van der Waals surface area contributed by atoms with E-state index in [1.807, 2.05) is 13.0 Å². The number of Topliss-reactive ketones (excluding diaryl/α,β-unsaturated/α-hetero) is 1. The number of oxime groups is 1. The van der Waals surface area contributed by atoms with Crippen molar-refractivity contribution in [2.24, 2.45) is 28.8 Å². The van der Waals surface area contributed by atoms with Crippen LogP contribution in [0.25, 0.3) is 10.8 Å². The number of carbonyl (C=O) groups is 3. The van der Waals surface area contributed by atoms with Gasteiger partial charge in [0.1, 0.15) is 30.0 Å². The van der Waals surface area contributed by atoms with E-state index in [1.54, 1.807) is 39.8 Å². The predicted octanol–water partition coefficient (Wildman–Crippen LogP) is 9.52. The first-order valence-corrected chi connectivity index (χ1v) is 23.1. The number of phenolic OH excluding ortho intramolecular Hbond substituents is 3. The lowest BCUT2D eigenvalue weighted by Gasteiger charge is -2.38. The van der Waals surface area contributed by atoms with E-state index in [1.165, 1.54) is 64.4 Å². The van der Waals surface area contributed by atoms with E-state index in [-0.39, 0.29) is 51.1 Å². The Labute approximate surface area is 400 Å². The van der Waals surface area contributed by atoms with Gasteiger partial charge in [0.25, 0.3) is 11.7 Å². The molecule has 3 heterocycles. The lowest BCUT2D eigenvalue weighted by Crippen LogP contribution is -2.46. The number of benzene rings is 2. The van der Waals surface area contributed by atoms with Crippen LogP contribution in [-0.2, 0) is 28.6 Å². The van der Waals surface area contributed by atoms with Gasteiger partial charge in [0.15, 0.2) is 5.75 Å². The smallest absolute Gasteiger partial charge is 0.312 e. The topological polar surface area (TPSA) is 223 Å². The molecule has 0 saturated heterocycles. The number of amides is 1. The summed E-state index contributed by atoms with van der Waals surface area (Å²) >= 11 is 0. The third-order valence-corrected chi connectivity index (χ3v) is 12.9. The van der Waals surface area contributed by atoms with E-state index in [0.717, 1.165) is 37.5 Å². The quantitative estimate of drug-likeness (QED) is 0.0222. The monoisotopic (exact) mass is 945 g/mol. The van der Waals surface area contributed by atoms with Gasteiger partial charge in [0.05, 0.1) is 53.0 Å². The number of fused-ring (bicyclic) bond motifs is 14. The van der Waals surface area contributed by atoms with Crippen LogP contribution in [0.1, 0.15) is 123 Å². The molecule has 1 amide bonds. The summed E-state index contributed by atoms with van der Waals surface area (Å²) in [7, 11) is 1.43. The molecule has 0 saturated carbocycles. The Kier molecular flexibility index (Phi) is 19.2. The van der Waals surface area contributed by atoms with Gasteiger partial charge in [-0.2, -0.15) is 0 Å². The molecule has 2 aromatic carbocycles. The highest BCUT2D eigenvalue weighted by Gasteiger charge is 2.50. The van der Waals surface area contributed by atoms with Crippen LogP contribution in [0.5, 0.6) is 23.0 Å². The molecule has 0 aliphatic carbocycles. The summed E-state index contributed by atoms with van der Waals surface area (Å²) in [4.78, 5) is 46.3. The molecule has 0 fully saturated rings. The third kappa shape index (κ3) is 12.8. The maximum Gasteiger partial charge on any atom is 0.312 e. The zero-order chi connectivity index (χ0) is 50.8. The number of hydrogen-bond acceptors (Lipinski definition) is 14. The van der Waals surface area contributed by atoms with Crippen molar-refractivity contribution in [3.05, 3.63) is 87.8 Å². The summed E-state index contributed by atoms with van der Waals surface area (Å²) in [5.74, 6) is -8.72. The number of esters is 1. The molecule has 6 N–H and O–H groups in total. The molecule has 3 aliphatic rings. The number of allylic oxidation sites excluding steroid dienone is 7. The number of hydrogen-bond donors (Lipinski definition) is 6. The number of carbonyl (C=O) groups excluding carboxylic acids is 3. The summed E-state index contributed by atoms with van der Waals surface area (Å²) < 4.78 is 23.7. The Balaban J connectivity index is 1.83. The summed E-state index contributed by atoms with van der Waals surface area (Å²) in [6.45, 7) is 20.8. The Morgan fingerprint density at radius 1 is 0.853 bits per heavy atom. The van der Waals surface area contributed by atoms with Gasteiger partial charge in [0.2, 0.25) is 0 Å². The van der Waals surface area contributed by atoms with Crippen molar-refractivity contribution in [1.29, 1.82) is 0 Å². The highest BCUT2D eigenvalue weighted by molar-refractivity contribution is 6.23. The van der Waals surface area contributed by atoms with Gasteiger partial charge < -0.3 is 54.6 Å². The molecule has 9 unspecified atom stereocenters. The Hall–Kier alpha value is -5.90. The number of nitrogens with one attached hydrogen (secondary N) is 1. The molecule has 5 rings (SSSR count). The van der Waals surface area contributed by atoms with Crippen molar-refractivity contribution in [2.75, 3.05) is 19.0 Å². The second-order valence-electron chi connectivity index (χ2n) is 18.6. The van der Waals surface area contributed by atoms with Gasteiger partial charge >= 0.3 is 11.8 Å². The molecule has 372 valence electrons. The molecule has 3 aliphatic heterocycles. The molecule has 5 bridgehead atoms. The number of aliphatic hydroxyl groups is 2. The van der Waals surface area contributed by atoms with Crippen LogP contribution in [-0.4, -0.2) is 93.3 Å². The third-order valence-electron chi connectivity index (χ3n) is 12.9. The first-order chi connectivity index (χ1) is 32.0. The van der Waals surface area contributed by atoms with Crippen molar-refractivity contribution >= 4 is 40.3 Å². The normalized spacial score (nSPS) is 28.1. The van der Waals surface area contributed by atoms with Crippen molar-refractivity contribution in [1.82, 2.24) is 0 Å². The Morgan fingerprint density at radius 3 is 2.13 bits per heavy atom. The van der Waals surface area contributed by atoms with E-state index in [9.17, 15) is 39.9 Å². The summed E-state index contributed by atoms with van der Waals surface area (Å²) in [6, 6.07) is 0. The predicted molar refractivity (Wildman–Crippen MR) is 263 cm³/mol. The van der Waals surface area contributed by atoms with Crippen molar-refractivity contribution in [3.8, 4) is 23.0 Å². The van der Waals surface area contributed by atoms with E-state index in [2.05, 4.69) is 43.4 Å². The number of nitrogens with zero attached hydrogens (tertiary/aromatic N) is 1. The largest absolute Gasteiger partial charge is 0.507 e. The fourth-order valence-electron chi connectivity index (χ4n) is 8.52. The second-order valence-corrected chi connectivity index (χ2v) is 18.6. The molecule has 0 radical (unpaired) electrons. The highest BCUT2D eigenvalue weighted by atomic mass is 16.7. The minimum absolute atomic E-state index is 0.0304. The van der Waals surface area contributed by atoms with Crippen LogP contribution in [0.4, 0.5) is 5.69 Å². The number of ketones is 1. The lowest BCUT2D eigenvalue weighted by atomic mass is 9.78. The van der Waals surface area contributed by atoms with Gasteiger partial charge in [-0.25, -0.2) is 0 Å². The number of rotatable bonds is 12. The number of phenols is 3. The molecule has 15 heteroatoms. The molecule has 0 aromatic heterocycles. The van der Waals surface area contributed by atoms with Crippen molar-refractivity contribution in [2.45, 2.75) is 139 Å². The Bertz CT molecular complexity index is 2410. The van der Waals surface area contributed by atoms with Crippen LogP contribution in [0.3, 0.4) is 0 Å².